The van der Waals surface area contributed by atoms with Crippen molar-refractivity contribution in [2.24, 2.45) is 5.84 Å². The molecule has 0 aliphatic carbocycles. The molecule has 0 saturated heterocycles. The Bertz CT molecular complexity index is 666. The molecule has 1 amide bonds. The fourth-order valence-corrected chi connectivity index (χ4v) is 2.35. The second-order valence-corrected chi connectivity index (χ2v) is 5.93. The molecule has 0 bridgehead atoms. The average Bonchev–Trinajstić information content (AvgIpc) is 2.43. The zero-order valence-corrected chi connectivity index (χ0v) is 13.9. The van der Waals surface area contributed by atoms with Crippen LogP contribution in [0, 0.1) is 0 Å². The number of hydrogen-bond acceptors (Lipinski definition) is 4. The number of hydrazine groups is 1. The van der Waals surface area contributed by atoms with Crippen molar-refractivity contribution in [3.63, 3.8) is 0 Å². The van der Waals surface area contributed by atoms with E-state index in [-0.39, 0.29) is 10.7 Å². The Hall–Kier alpha value is -1.15. The second kappa shape index (κ2) is 6.53. The molecule has 0 aliphatic heterocycles. The molecule has 104 valence electrons. The highest BCUT2D eigenvalue weighted by atomic mass is 79.9. The first-order valence-corrected chi connectivity index (χ1v) is 7.37. The molecular weight excluding hydrogens is 411 g/mol. The highest BCUT2D eigenvalue weighted by Crippen LogP contribution is 2.27. The minimum atomic E-state index is -0.425. The molecule has 2 aromatic rings. The highest BCUT2D eigenvalue weighted by Gasteiger charge is 2.14. The number of amides is 1. The van der Waals surface area contributed by atoms with E-state index in [0.717, 1.165) is 8.95 Å². The van der Waals surface area contributed by atoms with E-state index in [9.17, 15) is 4.79 Å². The van der Waals surface area contributed by atoms with Crippen LogP contribution in [0.1, 0.15) is 10.5 Å². The van der Waals surface area contributed by atoms with Crippen LogP contribution in [-0.2, 0) is 0 Å². The number of nitrogens with one attached hydrogen (secondary N) is 2. The fraction of sp³-hybridized carbons (Fsp3) is 0. The Morgan fingerprint density at radius 3 is 2.70 bits per heavy atom. The Labute approximate surface area is 137 Å². The summed E-state index contributed by atoms with van der Waals surface area (Å²) in [5.41, 5.74) is 3.06. The maximum absolute atomic E-state index is 12.2. The van der Waals surface area contributed by atoms with Gasteiger partial charge in [0.2, 0.25) is 0 Å². The first-order chi connectivity index (χ1) is 9.51. The summed E-state index contributed by atoms with van der Waals surface area (Å²) in [5.74, 6) is 5.19. The van der Waals surface area contributed by atoms with E-state index in [1.165, 1.54) is 0 Å². The molecule has 0 unspecified atom stereocenters. The third-order valence-corrected chi connectivity index (χ3v) is 3.88. The highest BCUT2D eigenvalue weighted by molar-refractivity contribution is 9.11. The van der Waals surface area contributed by atoms with Crippen LogP contribution in [0.15, 0.2) is 39.3 Å². The molecule has 0 radical (unpaired) electrons. The fourth-order valence-electron chi connectivity index (χ4n) is 1.46. The van der Waals surface area contributed by atoms with Gasteiger partial charge in [0.25, 0.3) is 5.91 Å². The smallest absolute Gasteiger partial charge is 0.275 e. The summed E-state index contributed by atoms with van der Waals surface area (Å²) in [5, 5.41) is 2.97. The second-order valence-electron chi connectivity index (χ2n) is 3.75. The standard InChI is InChI=1S/C12H9Br2ClN4O/c13-6-1-2-7(14)9(5-6)17-12(20)11-8(15)3-4-10(18-11)19-16/h1-5H,16H2,(H,17,20)(H,18,19). The van der Waals surface area contributed by atoms with Gasteiger partial charge < -0.3 is 10.7 Å². The van der Waals surface area contributed by atoms with Gasteiger partial charge in [-0.25, -0.2) is 10.8 Å². The Morgan fingerprint density at radius 1 is 1.25 bits per heavy atom. The minimum Gasteiger partial charge on any atom is -0.320 e. The molecule has 0 saturated carbocycles. The van der Waals surface area contributed by atoms with Gasteiger partial charge in [0.1, 0.15) is 11.5 Å². The van der Waals surface area contributed by atoms with E-state index >= 15 is 0 Å². The van der Waals surface area contributed by atoms with E-state index in [1.54, 1.807) is 18.2 Å². The van der Waals surface area contributed by atoms with Crippen LogP contribution in [-0.4, -0.2) is 10.9 Å². The molecule has 20 heavy (non-hydrogen) atoms. The van der Waals surface area contributed by atoms with Crippen LogP contribution in [0.25, 0.3) is 0 Å². The Balaban J connectivity index is 2.30. The summed E-state index contributed by atoms with van der Waals surface area (Å²) in [6, 6.07) is 8.56. The van der Waals surface area contributed by atoms with Crippen molar-refractivity contribution in [1.29, 1.82) is 0 Å². The molecule has 0 aliphatic rings. The van der Waals surface area contributed by atoms with Crippen LogP contribution < -0.4 is 16.6 Å². The van der Waals surface area contributed by atoms with Crippen molar-refractivity contribution >= 4 is 60.9 Å². The molecule has 4 N–H and O–H groups in total. The number of nitrogens with two attached hydrogens (primary N) is 1. The zero-order chi connectivity index (χ0) is 14.7. The van der Waals surface area contributed by atoms with Gasteiger partial charge in [-0.2, -0.15) is 0 Å². The van der Waals surface area contributed by atoms with Crippen molar-refractivity contribution in [3.05, 3.63) is 50.0 Å². The molecule has 0 spiro atoms. The molecule has 0 fully saturated rings. The largest absolute Gasteiger partial charge is 0.320 e. The summed E-state index contributed by atoms with van der Waals surface area (Å²) in [7, 11) is 0. The van der Waals surface area contributed by atoms with Crippen LogP contribution in [0.5, 0.6) is 0 Å². The SMILES string of the molecule is NNc1ccc(Cl)c(C(=O)Nc2cc(Br)ccc2Br)n1. The lowest BCUT2D eigenvalue weighted by Crippen LogP contribution is -2.17. The van der Waals surface area contributed by atoms with Gasteiger partial charge >= 0.3 is 0 Å². The average molecular weight is 420 g/mol. The maximum Gasteiger partial charge on any atom is 0.275 e. The molecule has 8 heteroatoms. The summed E-state index contributed by atoms with van der Waals surface area (Å²) >= 11 is 12.7. The predicted molar refractivity (Wildman–Crippen MR) is 86.9 cm³/mol. The number of aromatic nitrogens is 1. The molecule has 5 nitrogen and oxygen atoms in total. The molecule has 2 rings (SSSR count). The summed E-state index contributed by atoms with van der Waals surface area (Å²) in [6.07, 6.45) is 0. The van der Waals surface area contributed by atoms with Crippen molar-refractivity contribution in [3.8, 4) is 0 Å². The summed E-state index contributed by atoms with van der Waals surface area (Å²) < 4.78 is 1.59. The van der Waals surface area contributed by atoms with E-state index < -0.39 is 5.91 Å². The van der Waals surface area contributed by atoms with Crippen molar-refractivity contribution < 1.29 is 4.79 Å². The number of hydrogen-bond donors (Lipinski definition) is 3. The topological polar surface area (TPSA) is 80.0 Å². The molecule has 1 aromatic carbocycles. The van der Waals surface area contributed by atoms with Gasteiger partial charge in [-0.05, 0) is 46.3 Å². The molecule has 1 heterocycles. The number of halogens is 3. The van der Waals surface area contributed by atoms with Gasteiger partial charge in [0.15, 0.2) is 0 Å². The number of pyridine rings is 1. The first-order valence-electron chi connectivity index (χ1n) is 5.41. The van der Waals surface area contributed by atoms with Crippen molar-refractivity contribution in [2.45, 2.75) is 0 Å². The Morgan fingerprint density at radius 2 is 2.00 bits per heavy atom. The van der Waals surface area contributed by atoms with Gasteiger partial charge in [-0.15, -0.1) is 0 Å². The molecule has 1 aromatic heterocycles. The number of nitrogens with zero attached hydrogens (tertiary/aromatic N) is 1. The number of anilines is 2. The Kier molecular flexibility index (Phi) is 4.98. The van der Waals surface area contributed by atoms with Crippen molar-refractivity contribution in [2.75, 3.05) is 10.7 Å². The van der Waals surface area contributed by atoms with Gasteiger partial charge in [-0.3, -0.25) is 4.79 Å². The van der Waals surface area contributed by atoms with Gasteiger partial charge in [0, 0.05) is 8.95 Å². The number of carbonyl (C=O) groups excluding carboxylic acids is 1. The third kappa shape index (κ3) is 3.49. The maximum atomic E-state index is 12.2. The van der Waals surface area contributed by atoms with Crippen molar-refractivity contribution in [1.82, 2.24) is 4.98 Å². The van der Waals surface area contributed by atoms with E-state index in [0.29, 0.717) is 11.5 Å². The third-order valence-electron chi connectivity index (χ3n) is 2.39. The quantitative estimate of drug-likeness (QED) is 0.521. The lowest BCUT2D eigenvalue weighted by atomic mass is 10.3. The number of nitrogen functional groups attached to an aromatic ring is 1. The predicted octanol–water partition coefficient (Wildman–Crippen LogP) is 3.80. The normalized spacial score (nSPS) is 10.2. The van der Waals surface area contributed by atoms with Crippen LogP contribution in [0.4, 0.5) is 11.5 Å². The van der Waals surface area contributed by atoms with Crippen LogP contribution in [0.3, 0.4) is 0 Å². The van der Waals surface area contributed by atoms with Crippen LogP contribution >= 0.6 is 43.5 Å². The lowest BCUT2D eigenvalue weighted by Gasteiger charge is -2.09. The van der Waals surface area contributed by atoms with Gasteiger partial charge in [0.05, 0.1) is 10.7 Å². The number of carbonyl (C=O) groups is 1. The molecule has 0 atom stereocenters. The summed E-state index contributed by atoms with van der Waals surface area (Å²) in [6.45, 7) is 0. The minimum absolute atomic E-state index is 0.0917. The molecular formula is C12H9Br2ClN4O. The van der Waals surface area contributed by atoms with E-state index in [4.69, 9.17) is 17.4 Å². The van der Waals surface area contributed by atoms with E-state index in [1.807, 2.05) is 12.1 Å². The van der Waals surface area contributed by atoms with Crippen LogP contribution in [0.2, 0.25) is 5.02 Å². The number of rotatable bonds is 3. The van der Waals surface area contributed by atoms with Gasteiger partial charge in [-0.1, -0.05) is 27.5 Å². The monoisotopic (exact) mass is 418 g/mol. The number of benzene rings is 1. The van der Waals surface area contributed by atoms with E-state index in [2.05, 4.69) is 47.6 Å². The lowest BCUT2D eigenvalue weighted by molar-refractivity contribution is 0.102. The summed E-state index contributed by atoms with van der Waals surface area (Å²) in [4.78, 5) is 16.2. The first kappa shape index (κ1) is 15.2. The zero-order valence-electron chi connectivity index (χ0n) is 9.95.